The Kier molecular flexibility index (Phi) is 11.2. The molecule has 2 atom stereocenters. The van der Waals surface area contributed by atoms with Crippen LogP contribution < -0.4 is 14.4 Å². The molecule has 220 valence electrons. The fourth-order valence-corrected chi connectivity index (χ4v) is 5.88. The maximum absolute atomic E-state index is 14.1. The standard InChI is InChI=1S/C31H38ClN3O5S/c1-6-23(4)33-31(37)29(7-2)34(20-24-13-11-22(3)12-14-24)30(36)21-35(26-10-8-9-25(32)19-26)41(38,39)28-17-15-27(40-5)16-18-28/h8-19,23,29H,6-7,20-21H2,1-5H3,(H,33,37). The molecule has 3 rings (SSSR count). The van der Waals surface area contributed by atoms with Gasteiger partial charge in [0.15, 0.2) is 0 Å². The smallest absolute Gasteiger partial charge is 0.264 e. The molecular formula is C31H38ClN3O5S. The Morgan fingerprint density at radius 2 is 1.63 bits per heavy atom. The van der Waals surface area contributed by atoms with Crippen molar-refractivity contribution in [3.63, 3.8) is 0 Å². The number of nitrogens with zero attached hydrogens (tertiary/aromatic N) is 2. The lowest BCUT2D eigenvalue weighted by atomic mass is 10.1. The summed E-state index contributed by atoms with van der Waals surface area (Å²) < 4.78 is 34.1. The SMILES string of the molecule is CCC(C)NC(=O)C(CC)N(Cc1ccc(C)cc1)C(=O)CN(c1cccc(Cl)c1)S(=O)(=O)c1ccc(OC)cc1. The van der Waals surface area contributed by atoms with Gasteiger partial charge in [0.05, 0.1) is 17.7 Å². The Hall–Kier alpha value is -3.56. The van der Waals surface area contributed by atoms with Crippen LogP contribution in [0.5, 0.6) is 5.75 Å². The van der Waals surface area contributed by atoms with Crippen molar-refractivity contribution in [1.82, 2.24) is 10.2 Å². The van der Waals surface area contributed by atoms with Crippen molar-refractivity contribution >= 4 is 39.1 Å². The number of aryl methyl sites for hydroxylation is 1. The van der Waals surface area contributed by atoms with Gasteiger partial charge in [0.1, 0.15) is 18.3 Å². The Morgan fingerprint density at radius 3 is 2.20 bits per heavy atom. The van der Waals surface area contributed by atoms with Crippen molar-refractivity contribution in [2.75, 3.05) is 18.0 Å². The van der Waals surface area contributed by atoms with Crippen molar-refractivity contribution in [2.45, 2.75) is 64.1 Å². The van der Waals surface area contributed by atoms with Gasteiger partial charge in [-0.15, -0.1) is 0 Å². The quantitative estimate of drug-likeness (QED) is 0.277. The minimum absolute atomic E-state index is 0.0160. The van der Waals surface area contributed by atoms with Crippen LogP contribution in [0.4, 0.5) is 5.69 Å². The molecule has 0 saturated heterocycles. The number of rotatable bonds is 13. The number of benzene rings is 3. The Labute approximate surface area is 248 Å². The number of hydrogen-bond acceptors (Lipinski definition) is 5. The number of sulfonamides is 1. The summed E-state index contributed by atoms with van der Waals surface area (Å²) in [6.45, 7) is 7.27. The Morgan fingerprint density at radius 1 is 0.976 bits per heavy atom. The fourth-order valence-electron chi connectivity index (χ4n) is 4.29. The summed E-state index contributed by atoms with van der Waals surface area (Å²) in [7, 11) is -2.72. The van der Waals surface area contributed by atoms with E-state index in [2.05, 4.69) is 5.32 Å². The van der Waals surface area contributed by atoms with Crippen molar-refractivity contribution < 1.29 is 22.7 Å². The Bertz CT molecular complexity index is 1430. The highest BCUT2D eigenvalue weighted by Crippen LogP contribution is 2.28. The monoisotopic (exact) mass is 599 g/mol. The lowest BCUT2D eigenvalue weighted by Gasteiger charge is -2.33. The largest absolute Gasteiger partial charge is 0.497 e. The van der Waals surface area contributed by atoms with E-state index in [1.807, 2.05) is 52.0 Å². The first kappa shape index (κ1) is 32.0. The van der Waals surface area contributed by atoms with Crippen LogP contribution in [0.2, 0.25) is 5.02 Å². The molecule has 1 N–H and O–H groups in total. The van der Waals surface area contributed by atoms with Crippen LogP contribution in [0.3, 0.4) is 0 Å². The van der Waals surface area contributed by atoms with Crippen molar-refractivity contribution in [3.8, 4) is 5.75 Å². The van der Waals surface area contributed by atoms with E-state index >= 15 is 0 Å². The molecule has 41 heavy (non-hydrogen) atoms. The number of carbonyl (C=O) groups is 2. The third-order valence-electron chi connectivity index (χ3n) is 6.88. The second-order valence-electron chi connectivity index (χ2n) is 9.92. The molecule has 0 saturated carbocycles. The van der Waals surface area contributed by atoms with E-state index in [0.29, 0.717) is 17.2 Å². The number of halogens is 1. The predicted octanol–water partition coefficient (Wildman–Crippen LogP) is 5.57. The van der Waals surface area contributed by atoms with E-state index in [1.54, 1.807) is 30.3 Å². The highest BCUT2D eigenvalue weighted by molar-refractivity contribution is 7.92. The molecule has 0 fully saturated rings. The number of amides is 2. The summed E-state index contributed by atoms with van der Waals surface area (Å²) in [6, 6.07) is 19.0. The molecule has 2 unspecified atom stereocenters. The molecule has 0 aliphatic heterocycles. The molecule has 3 aromatic rings. The average molecular weight is 600 g/mol. The summed E-state index contributed by atoms with van der Waals surface area (Å²) in [4.78, 5) is 28.9. The molecule has 0 heterocycles. The molecule has 0 aromatic heterocycles. The van der Waals surface area contributed by atoms with Crippen LogP contribution in [0, 0.1) is 6.92 Å². The molecule has 0 radical (unpaired) electrons. The summed E-state index contributed by atoms with van der Waals surface area (Å²) in [5.41, 5.74) is 2.12. The predicted molar refractivity (Wildman–Crippen MR) is 163 cm³/mol. The first-order valence-corrected chi connectivity index (χ1v) is 15.4. The highest BCUT2D eigenvalue weighted by Gasteiger charge is 2.34. The van der Waals surface area contributed by atoms with Crippen molar-refractivity contribution in [1.29, 1.82) is 0 Å². The maximum atomic E-state index is 14.1. The van der Waals surface area contributed by atoms with Gasteiger partial charge < -0.3 is 15.0 Å². The van der Waals surface area contributed by atoms with Gasteiger partial charge in [-0.25, -0.2) is 8.42 Å². The zero-order chi connectivity index (χ0) is 30.2. The third kappa shape index (κ3) is 8.24. The zero-order valence-corrected chi connectivity index (χ0v) is 25.7. The van der Waals surface area contributed by atoms with Gasteiger partial charge in [0.2, 0.25) is 11.8 Å². The maximum Gasteiger partial charge on any atom is 0.264 e. The molecule has 2 amide bonds. The van der Waals surface area contributed by atoms with Crippen molar-refractivity contribution in [2.24, 2.45) is 0 Å². The average Bonchev–Trinajstić information content (AvgIpc) is 2.96. The lowest BCUT2D eigenvalue weighted by molar-refractivity contribution is -0.140. The number of ether oxygens (including phenoxy) is 1. The number of anilines is 1. The molecule has 3 aromatic carbocycles. The van der Waals surface area contributed by atoms with Gasteiger partial charge in [-0.05, 0) is 74.7 Å². The van der Waals surface area contributed by atoms with Gasteiger partial charge in [-0.1, -0.05) is 61.3 Å². The molecule has 0 spiro atoms. The fraction of sp³-hybridized carbons (Fsp3) is 0.355. The van der Waals surface area contributed by atoms with Gasteiger partial charge in [0.25, 0.3) is 10.0 Å². The van der Waals surface area contributed by atoms with Crippen molar-refractivity contribution in [3.05, 3.63) is 88.9 Å². The topological polar surface area (TPSA) is 96.0 Å². The molecule has 0 bridgehead atoms. The number of hydrogen-bond donors (Lipinski definition) is 1. The zero-order valence-electron chi connectivity index (χ0n) is 24.1. The summed E-state index contributed by atoms with van der Waals surface area (Å²) in [5.74, 6) is -0.305. The summed E-state index contributed by atoms with van der Waals surface area (Å²) in [6.07, 6.45) is 1.08. The molecule has 0 aliphatic rings. The van der Waals surface area contributed by atoms with E-state index < -0.39 is 28.5 Å². The van der Waals surface area contributed by atoms with Crippen LogP contribution in [0.15, 0.2) is 77.7 Å². The third-order valence-corrected chi connectivity index (χ3v) is 8.91. The second kappa shape index (κ2) is 14.4. The van der Waals surface area contributed by atoms with Crippen LogP contribution >= 0.6 is 11.6 Å². The minimum Gasteiger partial charge on any atom is -0.497 e. The van der Waals surface area contributed by atoms with Crippen LogP contribution in [0.1, 0.15) is 44.7 Å². The summed E-state index contributed by atoms with van der Waals surface area (Å²) >= 11 is 6.23. The first-order valence-electron chi connectivity index (χ1n) is 13.6. The van der Waals surface area contributed by atoms with E-state index in [0.717, 1.165) is 21.9 Å². The normalized spacial score (nSPS) is 12.7. The van der Waals surface area contributed by atoms with E-state index in [1.165, 1.54) is 30.2 Å². The van der Waals surface area contributed by atoms with Gasteiger partial charge in [-0.2, -0.15) is 0 Å². The number of methoxy groups -OCH3 is 1. The molecule has 8 nitrogen and oxygen atoms in total. The summed E-state index contributed by atoms with van der Waals surface area (Å²) in [5, 5.41) is 3.30. The second-order valence-corrected chi connectivity index (χ2v) is 12.2. The van der Waals surface area contributed by atoms with E-state index in [-0.39, 0.29) is 29.1 Å². The Balaban J connectivity index is 2.06. The first-order chi connectivity index (χ1) is 19.5. The molecular weight excluding hydrogens is 562 g/mol. The lowest BCUT2D eigenvalue weighted by Crippen LogP contribution is -2.53. The van der Waals surface area contributed by atoms with E-state index in [9.17, 15) is 18.0 Å². The number of carbonyl (C=O) groups excluding carboxylic acids is 2. The minimum atomic E-state index is -4.21. The van der Waals surface area contributed by atoms with Gasteiger partial charge in [-0.3, -0.25) is 13.9 Å². The number of nitrogens with one attached hydrogen (secondary N) is 1. The van der Waals surface area contributed by atoms with Gasteiger partial charge >= 0.3 is 0 Å². The highest BCUT2D eigenvalue weighted by atomic mass is 35.5. The van der Waals surface area contributed by atoms with Crippen LogP contribution in [-0.4, -0.2) is 50.9 Å². The molecule has 0 aliphatic carbocycles. The van der Waals surface area contributed by atoms with Gasteiger partial charge in [0, 0.05) is 17.6 Å². The van der Waals surface area contributed by atoms with E-state index in [4.69, 9.17) is 16.3 Å². The van der Waals surface area contributed by atoms with Crippen LogP contribution in [0.25, 0.3) is 0 Å². The molecule has 10 heteroatoms. The van der Waals surface area contributed by atoms with Crippen LogP contribution in [-0.2, 0) is 26.2 Å².